The number of likely N-dealkylation sites (tertiary alicyclic amines) is 1. The van der Waals surface area contributed by atoms with Crippen molar-refractivity contribution >= 4 is 17.7 Å². The molecule has 1 aromatic heterocycles. The summed E-state index contributed by atoms with van der Waals surface area (Å²) < 4.78 is 7.46. The highest BCUT2D eigenvalue weighted by atomic mass is 32.2. The monoisotopic (exact) mass is 360 g/mol. The summed E-state index contributed by atoms with van der Waals surface area (Å²) in [6.45, 7) is 6.28. The maximum absolute atomic E-state index is 12.4. The number of aryl methyl sites for hydroxylation is 1. The first kappa shape index (κ1) is 17.8. The number of carbonyl (C=O) groups excluding carboxylic acids is 1. The van der Waals surface area contributed by atoms with Crippen LogP contribution in [0, 0.1) is 6.92 Å². The molecule has 0 spiro atoms. The molecular formula is C18H24N4O2S. The Kier molecular flexibility index (Phi) is 5.96. The molecule has 7 heteroatoms. The summed E-state index contributed by atoms with van der Waals surface area (Å²) in [6, 6.07) is 7.84. The molecule has 0 bridgehead atoms. The average Bonchev–Trinajstić information content (AvgIpc) is 3.02. The van der Waals surface area contributed by atoms with Crippen molar-refractivity contribution in [3.8, 4) is 11.4 Å². The Labute approximate surface area is 152 Å². The highest BCUT2D eigenvalue weighted by molar-refractivity contribution is 7.99. The van der Waals surface area contributed by atoms with Crippen LogP contribution in [-0.4, -0.2) is 51.0 Å². The van der Waals surface area contributed by atoms with Crippen molar-refractivity contribution in [2.75, 3.05) is 25.4 Å². The first-order valence-electron chi connectivity index (χ1n) is 8.75. The molecule has 1 saturated heterocycles. The number of piperidine rings is 1. The normalized spacial score (nSPS) is 14.6. The van der Waals surface area contributed by atoms with Gasteiger partial charge in [-0.15, -0.1) is 10.2 Å². The molecule has 1 amide bonds. The molecule has 0 unspecified atom stereocenters. The molecule has 25 heavy (non-hydrogen) atoms. The third-order valence-electron chi connectivity index (χ3n) is 4.23. The molecule has 1 aliphatic heterocycles. The Bertz CT molecular complexity index is 708. The van der Waals surface area contributed by atoms with Crippen LogP contribution in [0.25, 0.3) is 5.69 Å². The lowest BCUT2D eigenvalue weighted by Crippen LogP contribution is -2.36. The van der Waals surface area contributed by atoms with E-state index < -0.39 is 0 Å². The van der Waals surface area contributed by atoms with Crippen molar-refractivity contribution in [3.63, 3.8) is 0 Å². The molecular weight excluding hydrogens is 336 g/mol. The largest absolute Gasteiger partial charge is 0.494 e. The fourth-order valence-electron chi connectivity index (χ4n) is 2.95. The number of thioether (sulfide) groups is 1. The minimum atomic E-state index is 0.184. The second-order valence-electron chi connectivity index (χ2n) is 6.02. The fraction of sp³-hybridized carbons (Fsp3) is 0.500. The number of hydrogen-bond acceptors (Lipinski definition) is 5. The molecule has 6 nitrogen and oxygen atoms in total. The van der Waals surface area contributed by atoms with E-state index in [-0.39, 0.29) is 5.91 Å². The summed E-state index contributed by atoms with van der Waals surface area (Å²) in [5.74, 6) is 2.22. The number of amides is 1. The van der Waals surface area contributed by atoms with Gasteiger partial charge in [-0.2, -0.15) is 0 Å². The van der Waals surface area contributed by atoms with E-state index in [2.05, 4.69) is 10.2 Å². The summed E-state index contributed by atoms with van der Waals surface area (Å²) in [5.41, 5.74) is 0.971. The smallest absolute Gasteiger partial charge is 0.233 e. The summed E-state index contributed by atoms with van der Waals surface area (Å²) in [5, 5.41) is 9.16. The van der Waals surface area contributed by atoms with Crippen LogP contribution in [0.2, 0.25) is 0 Å². The number of nitrogens with zero attached hydrogens (tertiary/aromatic N) is 4. The van der Waals surface area contributed by atoms with Crippen molar-refractivity contribution in [1.29, 1.82) is 0 Å². The number of rotatable bonds is 6. The van der Waals surface area contributed by atoms with Gasteiger partial charge in [-0.1, -0.05) is 11.8 Å². The van der Waals surface area contributed by atoms with Crippen molar-refractivity contribution in [2.24, 2.45) is 0 Å². The molecule has 1 aromatic carbocycles. The number of benzene rings is 1. The lowest BCUT2D eigenvalue weighted by molar-refractivity contribution is -0.129. The highest BCUT2D eigenvalue weighted by Gasteiger charge is 2.19. The van der Waals surface area contributed by atoms with Crippen molar-refractivity contribution < 1.29 is 9.53 Å². The second-order valence-corrected chi connectivity index (χ2v) is 6.96. The van der Waals surface area contributed by atoms with Crippen LogP contribution in [0.5, 0.6) is 5.75 Å². The van der Waals surface area contributed by atoms with E-state index in [4.69, 9.17) is 4.74 Å². The third kappa shape index (κ3) is 4.34. The van der Waals surface area contributed by atoms with Gasteiger partial charge in [-0.3, -0.25) is 9.36 Å². The zero-order valence-electron chi connectivity index (χ0n) is 14.8. The molecule has 0 saturated carbocycles. The molecule has 3 rings (SSSR count). The number of aromatic nitrogens is 3. The van der Waals surface area contributed by atoms with E-state index >= 15 is 0 Å². The molecule has 2 heterocycles. The van der Waals surface area contributed by atoms with Crippen LogP contribution < -0.4 is 4.74 Å². The minimum absolute atomic E-state index is 0.184. The predicted molar refractivity (Wildman–Crippen MR) is 98.4 cm³/mol. The van der Waals surface area contributed by atoms with E-state index in [0.29, 0.717) is 12.4 Å². The van der Waals surface area contributed by atoms with Gasteiger partial charge in [0.2, 0.25) is 5.91 Å². The lowest BCUT2D eigenvalue weighted by atomic mass is 10.1. The molecule has 2 aromatic rings. The lowest BCUT2D eigenvalue weighted by Gasteiger charge is -2.26. The van der Waals surface area contributed by atoms with Crippen LogP contribution in [0.15, 0.2) is 29.4 Å². The van der Waals surface area contributed by atoms with E-state index in [0.717, 1.165) is 48.3 Å². The zero-order chi connectivity index (χ0) is 17.6. The highest BCUT2D eigenvalue weighted by Crippen LogP contribution is 2.24. The van der Waals surface area contributed by atoms with Crippen LogP contribution >= 0.6 is 11.8 Å². The molecule has 0 atom stereocenters. The van der Waals surface area contributed by atoms with Gasteiger partial charge >= 0.3 is 0 Å². The SMILES string of the molecule is CCOc1ccc(-n2c(C)nnc2SCC(=O)N2CCCCC2)cc1. The average molecular weight is 360 g/mol. The first-order chi connectivity index (χ1) is 12.2. The van der Waals surface area contributed by atoms with Crippen LogP contribution in [-0.2, 0) is 4.79 Å². The quantitative estimate of drug-likeness (QED) is 0.741. The maximum atomic E-state index is 12.4. The fourth-order valence-corrected chi connectivity index (χ4v) is 3.85. The second kappa shape index (κ2) is 8.38. The molecule has 134 valence electrons. The molecule has 0 radical (unpaired) electrons. The Hall–Kier alpha value is -2.02. The van der Waals surface area contributed by atoms with Crippen LogP contribution in [0.3, 0.4) is 0 Å². The zero-order valence-corrected chi connectivity index (χ0v) is 15.6. The van der Waals surface area contributed by atoms with Gasteiger partial charge in [0, 0.05) is 18.8 Å². The Morgan fingerprint density at radius 2 is 1.88 bits per heavy atom. The minimum Gasteiger partial charge on any atom is -0.494 e. The Morgan fingerprint density at radius 1 is 1.16 bits per heavy atom. The van der Waals surface area contributed by atoms with Crippen molar-refractivity contribution in [3.05, 3.63) is 30.1 Å². The summed E-state index contributed by atoms with van der Waals surface area (Å²) in [7, 11) is 0. The van der Waals surface area contributed by atoms with Gasteiger partial charge in [-0.25, -0.2) is 0 Å². The molecule has 1 aliphatic rings. The summed E-state index contributed by atoms with van der Waals surface area (Å²) >= 11 is 1.45. The third-order valence-corrected chi connectivity index (χ3v) is 5.15. The standard InChI is InChI=1S/C18H24N4O2S/c1-3-24-16-9-7-15(8-10-16)22-14(2)19-20-18(22)25-13-17(23)21-11-5-4-6-12-21/h7-10H,3-6,11-13H2,1-2H3. The number of ether oxygens (including phenoxy) is 1. The number of carbonyl (C=O) groups is 1. The van der Waals surface area contributed by atoms with Gasteiger partial charge in [-0.05, 0) is 57.4 Å². The van der Waals surface area contributed by atoms with E-state index in [9.17, 15) is 4.79 Å². The molecule has 1 fully saturated rings. The predicted octanol–water partition coefficient (Wildman–Crippen LogP) is 3.08. The maximum Gasteiger partial charge on any atom is 0.233 e. The van der Waals surface area contributed by atoms with Gasteiger partial charge in [0.25, 0.3) is 0 Å². The first-order valence-corrected chi connectivity index (χ1v) is 9.73. The van der Waals surface area contributed by atoms with Crippen molar-refractivity contribution in [1.82, 2.24) is 19.7 Å². The van der Waals surface area contributed by atoms with Crippen molar-refractivity contribution in [2.45, 2.75) is 38.3 Å². The summed E-state index contributed by atoms with van der Waals surface area (Å²) in [4.78, 5) is 14.3. The molecule has 0 N–H and O–H groups in total. The van der Waals surface area contributed by atoms with Crippen LogP contribution in [0.1, 0.15) is 32.0 Å². The molecule has 0 aliphatic carbocycles. The van der Waals surface area contributed by atoms with Crippen LogP contribution in [0.4, 0.5) is 0 Å². The van der Waals surface area contributed by atoms with Gasteiger partial charge < -0.3 is 9.64 Å². The number of hydrogen-bond donors (Lipinski definition) is 0. The van der Waals surface area contributed by atoms with Gasteiger partial charge in [0.05, 0.1) is 12.4 Å². The topological polar surface area (TPSA) is 60.2 Å². The van der Waals surface area contributed by atoms with E-state index in [1.165, 1.54) is 18.2 Å². The summed E-state index contributed by atoms with van der Waals surface area (Å²) in [6.07, 6.45) is 3.44. The Balaban J connectivity index is 1.69. The van der Waals surface area contributed by atoms with E-state index in [1.807, 2.05) is 47.6 Å². The van der Waals surface area contributed by atoms with E-state index in [1.54, 1.807) is 0 Å². The Morgan fingerprint density at radius 3 is 2.56 bits per heavy atom. The van der Waals surface area contributed by atoms with Gasteiger partial charge in [0.15, 0.2) is 5.16 Å². The van der Waals surface area contributed by atoms with Gasteiger partial charge in [0.1, 0.15) is 11.6 Å².